The molecule has 2 atom stereocenters. The van der Waals surface area contributed by atoms with Gasteiger partial charge in [-0.2, -0.15) is 0 Å². The minimum Gasteiger partial charge on any atom is -0.382 e. The molecule has 2 bridgehead atoms. The molecule has 2 aliphatic heterocycles. The predicted molar refractivity (Wildman–Crippen MR) is 72.9 cm³/mol. The summed E-state index contributed by atoms with van der Waals surface area (Å²) in [6.07, 6.45) is 6.77. The third-order valence-electron chi connectivity index (χ3n) is 4.46. The second kappa shape index (κ2) is 7.43. The van der Waals surface area contributed by atoms with E-state index in [-0.39, 0.29) is 0 Å². The van der Waals surface area contributed by atoms with Crippen LogP contribution in [0.5, 0.6) is 0 Å². The fourth-order valence-corrected chi connectivity index (χ4v) is 3.49. The smallest absolute Gasteiger partial charge is 0.0700 e. The van der Waals surface area contributed by atoms with Crippen molar-refractivity contribution < 1.29 is 9.47 Å². The number of piperidine rings is 2. The van der Waals surface area contributed by atoms with Gasteiger partial charge in [0.2, 0.25) is 0 Å². The Morgan fingerprint density at radius 1 is 1.11 bits per heavy atom. The number of methoxy groups -OCH3 is 1. The van der Waals surface area contributed by atoms with Crippen LogP contribution in [0.2, 0.25) is 0 Å². The van der Waals surface area contributed by atoms with Gasteiger partial charge in [0.25, 0.3) is 0 Å². The van der Waals surface area contributed by atoms with E-state index in [2.05, 4.69) is 17.3 Å². The summed E-state index contributed by atoms with van der Waals surface area (Å²) in [6.45, 7) is 3.36. The van der Waals surface area contributed by atoms with Gasteiger partial charge in [-0.05, 0) is 32.7 Å². The fraction of sp³-hybridized carbons (Fsp3) is 1.00. The first-order valence-electron chi connectivity index (χ1n) is 7.35. The van der Waals surface area contributed by atoms with E-state index in [1.807, 2.05) is 0 Å². The van der Waals surface area contributed by atoms with Crippen molar-refractivity contribution in [3.05, 3.63) is 0 Å². The van der Waals surface area contributed by atoms with Crippen LogP contribution in [-0.2, 0) is 9.47 Å². The highest BCUT2D eigenvalue weighted by Crippen LogP contribution is 2.33. The first-order valence-corrected chi connectivity index (χ1v) is 7.35. The molecule has 2 unspecified atom stereocenters. The number of nitrogens with zero attached hydrogens (tertiary/aromatic N) is 1. The van der Waals surface area contributed by atoms with Gasteiger partial charge >= 0.3 is 0 Å². The van der Waals surface area contributed by atoms with Crippen LogP contribution in [-0.4, -0.2) is 63.5 Å². The summed E-state index contributed by atoms with van der Waals surface area (Å²) in [5.74, 6) is 0. The second-order valence-electron chi connectivity index (χ2n) is 5.54. The maximum absolute atomic E-state index is 5.61. The van der Waals surface area contributed by atoms with Crippen LogP contribution < -0.4 is 5.32 Å². The average molecular weight is 256 g/mol. The third-order valence-corrected chi connectivity index (χ3v) is 4.46. The molecule has 2 rings (SSSR count). The molecule has 4 nitrogen and oxygen atoms in total. The number of fused-ring (bicyclic) bond motifs is 2. The summed E-state index contributed by atoms with van der Waals surface area (Å²) in [5.41, 5.74) is 0. The topological polar surface area (TPSA) is 33.7 Å². The SMILES string of the molecule is CNC1CC2CCCC(C1)N2CCOCCOC. The lowest BCUT2D eigenvalue weighted by Gasteiger charge is -2.49. The molecule has 2 heterocycles. The molecule has 0 radical (unpaired) electrons. The summed E-state index contributed by atoms with van der Waals surface area (Å²) in [6, 6.07) is 2.29. The molecule has 0 spiro atoms. The Bertz CT molecular complexity index is 224. The zero-order chi connectivity index (χ0) is 12.8. The molecule has 2 fully saturated rings. The van der Waals surface area contributed by atoms with E-state index < -0.39 is 0 Å². The van der Waals surface area contributed by atoms with Crippen LogP contribution in [0.25, 0.3) is 0 Å². The van der Waals surface area contributed by atoms with Gasteiger partial charge in [-0.25, -0.2) is 0 Å². The lowest BCUT2D eigenvalue weighted by Crippen LogP contribution is -2.56. The maximum atomic E-state index is 5.61. The average Bonchev–Trinajstić information content (AvgIpc) is 2.37. The molecule has 0 aromatic carbocycles. The van der Waals surface area contributed by atoms with E-state index in [0.717, 1.165) is 37.9 Å². The Balaban J connectivity index is 1.74. The van der Waals surface area contributed by atoms with Crippen molar-refractivity contribution in [2.45, 2.75) is 50.2 Å². The standard InChI is InChI=1S/C14H28N2O2/c1-15-12-10-13-4-3-5-14(11-12)16(13)6-7-18-9-8-17-2/h12-15H,3-11H2,1-2H3. The van der Waals surface area contributed by atoms with E-state index in [9.17, 15) is 0 Å². The van der Waals surface area contributed by atoms with Crippen LogP contribution in [0.1, 0.15) is 32.1 Å². The number of hydrogen-bond acceptors (Lipinski definition) is 4. The molecule has 2 saturated heterocycles. The van der Waals surface area contributed by atoms with Crippen molar-refractivity contribution in [2.75, 3.05) is 40.5 Å². The Kier molecular flexibility index (Phi) is 5.89. The fourth-order valence-electron chi connectivity index (χ4n) is 3.49. The van der Waals surface area contributed by atoms with Gasteiger partial charge in [0.05, 0.1) is 19.8 Å². The molecule has 106 valence electrons. The van der Waals surface area contributed by atoms with Gasteiger partial charge in [-0.15, -0.1) is 0 Å². The Hall–Kier alpha value is -0.160. The van der Waals surface area contributed by atoms with Crippen molar-refractivity contribution in [3.8, 4) is 0 Å². The zero-order valence-corrected chi connectivity index (χ0v) is 11.9. The largest absolute Gasteiger partial charge is 0.382 e. The third kappa shape index (κ3) is 3.67. The predicted octanol–water partition coefficient (Wildman–Crippen LogP) is 1.25. The molecule has 4 heteroatoms. The molecule has 2 aliphatic rings. The highest BCUT2D eigenvalue weighted by Gasteiger charge is 2.37. The first kappa shape index (κ1) is 14.3. The first-order chi connectivity index (χ1) is 8.85. The molecular weight excluding hydrogens is 228 g/mol. The molecule has 0 aromatic heterocycles. The molecule has 0 aromatic rings. The normalized spacial score (nSPS) is 32.7. The van der Waals surface area contributed by atoms with Crippen LogP contribution >= 0.6 is 0 Å². The highest BCUT2D eigenvalue weighted by molar-refractivity contribution is 4.94. The lowest BCUT2D eigenvalue weighted by atomic mass is 9.82. The molecular formula is C14H28N2O2. The molecule has 0 aliphatic carbocycles. The number of hydrogen-bond donors (Lipinski definition) is 1. The van der Waals surface area contributed by atoms with Crippen LogP contribution in [0.4, 0.5) is 0 Å². The summed E-state index contributed by atoms with van der Waals surface area (Å²) in [5, 5.41) is 3.46. The van der Waals surface area contributed by atoms with E-state index in [1.54, 1.807) is 7.11 Å². The summed E-state index contributed by atoms with van der Waals surface area (Å²) < 4.78 is 10.6. The molecule has 0 amide bonds. The maximum Gasteiger partial charge on any atom is 0.0700 e. The van der Waals surface area contributed by atoms with Gasteiger partial charge in [0.15, 0.2) is 0 Å². The van der Waals surface area contributed by atoms with Gasteiger partial charge in [0.1, 0.15) is 0 Å². The van der Waals surface area contributed by atoms with Gasteiger partial charge in [-0.3, -0.25) is 4.90 Å². The summed E-state index contributed by atoms with van der Waals surface area (Å²) in [7, 11) is 3.82. The van der Waals surface area contributed by atoms with Crippen LogP contribution in [0, 0.1) is 0 Å². The summed E-state index contributed by atoms with van der Waals surface area (Å²) >= 11 is 0. The van der Waals surface area contributed by atoms with Crippen LogP contribution in [0.15, 0.2) is 0 Å². The minimum atomic E-state index is 0.703. The second-order valence-corrected chi connectivity index (χ2v) is 5.54. The van der Waals surface area contributed by atoms with Crippen molar-refractivity contribution >= 4 is 0 Å². The van der Waals surface area contributed by atoms with Crippen molar-refractivity contribution in [3.63, 3.8) is 0 Å². The highest BCUT2D eigenvalue weighted by atomic mass is 16.5. The number of rotatable bonds is 7. The van der Waals surface area contributed by atoms with E-state index in [1.165, 1.54) is 32.1 Å². The lowest BCUT2D eigenvalue weighted by molar-refractivity contribution is -0.00667. The van der Waals surface area contributed by atoms with Gasteiger partial charge in [0, 0.05) is 31.8 Å². The van der Waals surface area contributed by atoms with Crippen LogP contribution in [0.3, 0.4) is 0 Å². The van der Waals surface area contributed by atoms with Crippen molar-refractivity contribution in [2.24, 2.45) is 0 Å². The monoisotopic (exact) mass is 256 g/mol. The number of ether oxygens (including phenoxy) is 2. The van der Waals surface area contributed by atoms with Gasteiger partial charge < -0.3 is 14.8 Å². The van der Waals surface area contributed by atoms with Crippen molar-refractivity contribution in [1.29, 1.82) is 0 Å². The molecule has 18 heavy (non-hydrogen) atoms. The molecule has 0 saturated carbocycles. The quantitative estimate of drug-likeness (QED) is 0.695. The zero-order valence-electron chi connectivity index (χ0n) is 11.9. The van der Waals surface area contributed by atoms with E-state index in [0.29, 0.717) is 6.61 Å². The Labute approximate surface area is 111 Å². The minimum absolute atomic E-state index is 0.703. The van der Waals surface area contributed by atoms with E-state index in [4.69, 9.17) is 9.47 Å². The molecule has 1 N–H and O–H groups in total. The Morgan fingerprint density at radius 3 is 2.44 bits per heavy atom. The summed E-state index contributed by atoms with van der Waals surface area (Å²) in [4.78, 5) is 2.70. The van der Waals surface area contributed by atoms with E-state index >= 15 is 0 Å². The number of nitrogens with one attached hydrogen (secondary N) is 1. The van der Waals surface area contributed by atoms with Crippen molar-refractivity contribution in [1.82, 2.24) is 10.2 Å². The van der Waals surface area contributed by atoms with Gasteiger partial charge in [-0.1, -0.05) is 6.42 Å². The Morgan fingerprint density at radius 2 is 1.83 bits per heavy atom.